The fraction of sp³-hybridized carbons (Fsp3) is 0.250. The second kappa shape index (κ2) is 6.08. The highest BCUT2D eigenvalue weighted by Gasteiger charge is 2.12. The third kappa shape index (κ3) is 3.71. The highest BCUT2D eigenvalue weighted by atomic mass is 35.5. The third-order valence-corrected chi connectivity index (χ3v) is 3.67. The van der Waals surface area contributed by atoms with E-state index >= 15 is 0 Å². The SMILES string of the molecule is Cc1csc(CCNC(=O)c2cc(F)cnc2Cl)n1. The van der Waals surface area contributed by atoms with Crippen molar-refractivity contribution in [3.63, 3.8) is 0 Å². The van der Waals surface area contributed by atoms with Gasteiger partial charge in [0.05, 0.1) is 16.8 Å². The molecule has 2 aromatic rings. The Kier molecular flexibility index (Phi) is 4.44. The Bertz CT molecular complexity index is 602. The van der Waals surface area contributed by atoms with Crippen LogP contribution in [0, 0.1) is 12.7 Å². The molecule has 0 aliphatic heterocycles. The van der Waals surface area contributed by atoms with Crippen molar-refractivity contribution in [3.8, 4) is 0 Å². The zero-order valence-electron chi connectivity index (χ0n) is 10.1. The number of carbonyl (C=O) groups is 1. The molecule has 0 spiro atoms. The number of halogens is 2. The quantitative estimate of drug-likeness (QED) is 0.883. The van der Waals surface area contributed by atoms with Crippen LogP contribution in [0.5, 0.6) is 0 Å². The standard InChI is InChI=1S/C12H11ClFN3OS/c1-7-6-19-10(17-7)2-3-15-12(18)9-4-8(14)5-16-11(9)13/h4-6H,2-3H2,1H3,(H,15,18). The minimum absolute atomic E-state index is 0.0102. The molecule has 0 bridgehead atoms. The largest absolute Gasteiger partial charge is 0.352 e. The molecule has 100 valence electrons. The molecule has 0 aliphatic carbocycles. The smallest absolute Gasteiger partial charge is 0.254 e. The average molecular weight is 300 g/mol. The molecular weight excluding hydrogens is 289 g/mol. The molecule has 7 heteroatoms. The number of pyridine rings is 1. The number of hydrogen-bond acceptors (Lipinski definition) is 4. The van der Waals surface area contributed by atoms with E-state index in [4.69, 9.17) is 11.6 Å². The lowest BCUT2D eigenvalue weighted by atomic mass is 10.2. The fourth-order valence-electron chi connectivity index (χ4n) is 1.48. The highest BCUT2D eigenvalue weighted by Crippen LogP contribution is 2.13. The first-order valence-electron chi connectivity index (χ1n) is 5.56. The van der Waals surface area contributed by atoms with E-state index in [0.717, 1.165) is 23.0 Å². The number of nitrogens with one attached hydrogen (secondary N) is 1. The Morgan fingerprint density at radius 2 is 2.37 bits per heavy atom. The molecule has 0 fully saturated rings. The van der Waals surface area contributed by atoms with Gasteiger partial charge in [-0.15, -0.1) is 11.3 Å². The molecule has 0 radical (unpaired) electrons. The maximum Gasteiger partial charge on any atom is 0.254 e. The van der Waals surface area contributed by atoms with E-state index in [1.54, 1.807) is 11.3 Å². The Morgan fingerprint density at radius 3 is 3.05 bits per heavy atom. The molecule has 0 saturated carbocycles. The van der Waals surface area contributed by atoms with E-state index in [1.165, 1.54) is 0 Å². The summed E-state index contributed by atoms with van der Waals surface area (Å²) in [4.78, 5) is 19.7. The lowest BCUT2D eigenvalue weighted by Crippen LogP contribution is -2.26. The number of aryl methyl sites for hydroxylation is 1. The highest BCUT2D eigenvalue weighted by molar-refractivity contribution is 7.09. The molecule has 0 unspecified atom stereocenters. The molecular formula is C12H11ClFN3OS. The number of thiazole rings is 1. The van der Waals surface area contributed by atoms with Gasteiger partial charge in [0.25, 0.3) is 5.91 Å². The van der Waals surface area contributed by atoms with E-state index in [-0.39, 0.29) is 10.7 Å². The van der Waals surface area contributed by atoms with Gasteiger partial charge in [0, 0.05) is 24.0 Å². The first-order chi connectivity index (χ1) is 9.06. The van der Waals surface area contributed by atoms with E-state index in [2.05, 4.69) is 15.3 Å². The molecule has 2 rings (SSSR count). The van der Waals surface area contributed by atoms with Gasteiger partial charge in [-0.25, -0.2) is 14.4 Å². The van der Waals surface area contributed by atoms with E-state index in [0.29, 0.717) is 13.0 Å². The van der Waals surface area contributed by atoms with Crippen molar-refractivity contribution in [2.75, 3.05) is 6.54 Å². The molecule has 1 amide bonds. The Hall–Kier alpha value is -1.53. The summed E-state index contributed by atoms with van der Waals surface area (Å²) in [6, 6.07) is 1.07. The summed E-state index contributed by atoms with van der Waals surface area (Å²) in [7, 11) is 0. The number of amides is 1. The minimum Gasteiger partial charge on any atom is -0.352 e. The predicted octanol–water partition coefficient (Wildman–Crippen LogP) is 2.61. The number of rotatable bonds is 4. The predicted molar refractivity (Wildman–Crippen MR) is 72.1 cm³/mol. The van der Waals surface area contributed by atoms with Crippen molar-refractivity contribution in [1.29, 1.82) is 0 Å². The molecule has 19 heavy (non-hydrogen) atoms. The summed E-state index contributed by atoms with van der Waals surface area (Å²) in [5.41, 5.74) is 1.00. The van der Waals surface area contributed by atoms with E-state index in [9.17, 15) is 9.18 Å². The van der Waals surface area contributed by atoms with Crippen molar-refractivity contribution >= 4 is 28.8 Å². The van der Waals surface area contributed by atoms with Crippen LogP contribution < -0.4 is 5.32 Å². The number of nitrogens with zero attached hydrogens (tertiary/aromatic N) is 2. The molecule has 0 aromatic carbocycles. The van der Waals surface area contributed by atoms with Crippen LogP contribution >= 0.6 is 22.9 Å². The maximum absolute atomic E-state index is 13.0. The number of hydrogen-bond donors (Lipinski definition) is 1. The Morgan fingerprint density at radius 1 is 1.58 bits per heavy atom. The summed E-state index contributed by atoms with van der Waals surface area (Å²) >= 11 is 7.28. The monoisotopic (exact) mass is 299 g/mol. The Labute approximate surface area is 118 Å². The summed E-state index contributed by atoms with van der Waals surface area (Å²) in [6.07, 6.45) is 1.60. The van der Waals surface area contributed by atoms with Gasteiger partial charge in [-0.3, -0.25) is 4.79 Å². The Balaban J connectivity index is 1.92. The second-order valence-corrected chi connectivity index (χ2v) is 5.18. The van der Waals surface area contributed by atoms with E-state index in [1.807, 2.05) is 12.3 Å². The average Bonchev–Trinajstić information content (AvgIpc) is 2.78. The second-order valence-electron chi connectivity index (χ2n) is 3.88. The molecule has 4 nitrogen and oxygen atoms in total. The van der Waals surface area contributed by atoms with Crippen molar-refractivity contribution in [2.45, 2.75) is 13.3 Å². The van der Waals surface area contributed by atoms with Gasteiger partial charge in [-0.05, 0) is 13.0 Å². The van der Waals surface area contributed by atoms with Gasteiger partial charge < -0.3 is 5.32 Å². The van der Waals surface area contributed by atoms with E-state index < -0.39 is 11.7 Å². The number of carbonyl (C=O) groups excluding carboxylic acids is 1. The summed E-state index contributed by atoms with van der Waals surface area (Å²) in [6.45, 7) is 2.33. The van der Waals surface area contributed by atoms with Crippen LogP contribution in [-0.4, -0.2) is 22.4 Å². The van der Waals surface area contributed by atoms with Crippen LogP contribution in [-0.2, 0) is 6.42 Å². The van der Waals surface area contributed by atoms with Crippen molar-refractivity contribution in [2.24, 2.45) is 0 Å². The lowest BCUT2D eigenvalue weighted by molar-refractivity contribution is 0.0953. The molecule has 0 aliphatic rings. The van der Waals surface area contributed by atoms with Crippen LogP contribution in [0.15, 0.2) is 17.6 Å². The minimum atomic E-state index is -0.593. The first-order valence-corrected chi connectivity index (χ1v) is 6.82. The van der Waals surface area contributed by atoms with Gasteiger partial charge in [0.2, 0.25) is 0 Å². The van der Waals surface area contributed by atoms with Gasteiger partial charge in [-0.1, -0.05) is 11.6 Å². The number of aromatic nitrogens is 2. The van der Waals surface area contributed by atoms with Crippen molar-refractivity contribution in [1.82, 2.24) is 15.3 Å². The molecule has 1 N–H and O–H groups in total. The van der Waals surface area contributed by atoms with Crippen LogP contribution in [0.3, 0.4) is 0 Å². The van der Waals surface area contributed by atoms with Crippen LogP contribution in [0.25, 0.3) is 0 Å². The van der Waals surface area contributed by atoms with Gasteiger partial charge in [0.1, 0.15) is 11.0 Å². The van der Waals surface area contributed by atoms with Gasteiger partial charge >= 0.3 is 0 Å². The molecule has 0 saturated heterocycles. The normalized spacial score (nSPS) is 10.5. The fourth-order valence-corrected chi connectivity index (χ4v) is 2.44. The zero-order chi connectivity index (χ0) is 13.8. The maximum atomic E-state index is 13.0. The van der Waals surface area contributed by atoms with Crippen LogP contribution in [0.1, 0.15) is 21.1 Å². The van der Waals surface area contributed by atoms with Crippen molar-refractivity contribution in [3.05, 3.63) is 44.9 Å². The van der Waals surface area contributed by atoms with Crippen LogP contribution in [0.4, 0.5) is 4.39 Å². The van der Waals surface area contributed by atoms with Gasteiger partial charge in [-0.2, -0.15) is 0 Å². The molecule has 2 heterocycles. The summed E-state index contributed by atoms with van der Waals surface area (Å²) in [5.74, 6) is -1.03. The zero-order valence-corrected chi connectivity index (χ0v) is 11.7. The topological polar surface area (TPSA) is 54.9 Å². The third-order valence-electron chi connectivity index (χ3n) is 2.34. The summed E-state index contributed by atoms with van der Waals surface area (Å²) < 4.78 is 13.0. The summed E-state index contributed by atoms with van der Waals surface area (Å²) in [5, 5.41) is 5.55. The first kappa shape index (κ1) is 13.9. The lowest BCUT2D eigenvalue weighted by Gasteiger charge is -2.05. The van der Waals surface area contributed by atoms with Crippen LogP contribution in [0.2, 0.25) is 5.15 Å². The van der Waals surface area contributed by atoms with Crippen molar-refractivity contribution < 1.29 is 9.18 Å². The molecule has 0 atom stereocenters. The molecule has 2 aromatic heterocycles. The van der Waals surface area contributed by atoms with Gasteiger partial charge in [0.15, 0.2) is 0 Å².